The number of aryl methyl sites for hydroxylation is 1. The SMILES string of the molecule is CCCc1ccc(S(=O)(=O)O)cc1-c1ccc(N=[N+]=[N-])cc1. The lowest BCUT2D eigenvalue weighted by molar-refractivity contribution is 0.483. The Morgan fingerprint density at radius 3 is 2.41 bits per heavy atom. The van der Waals surface area contributed by atoms with Crippen LogP contribution in [-0.2, 0) is 16.5 Å². The lowest BCUT2D eigenvalue weighted by atomic mass is 9.97. The fraction of sp³-hybridized carbons (Fsp3) is 0.200. The molecule has 114 valence electrons. The van der Waals surface area contributed by atoms with Gasteiger partial charge in [0.25, 0.3) is 10.1 Å². The van der Waals surface area contributed by atoms with E-state index in [1.54, 1.807) is 30.3 Å². The van der Waals surface area contributed by atoms with Crippen molar-refractivity contribution >= 4 is 15.8 Å². The summed E-state index contributed by atoms with van der Waals surface area (Å²) in [4.78, 5) is 2.58. The molecule has 6 nitrogen and oxygen atoms in total. The summed E-state index contributed by atoms with van der Waals surface area (Å²) in [7, 11) is -4.25. The predicted octanol–water partition coefficient (Wildman–Crippen LogP) is 4.49. The summed E-state index contributed by atoms with van der Waals surface area (Å²) in [5.41, 5.74) is 11.4. The summed E-state index contributed by atoms with van der Waals surface area (Å²) in [5.74, 6) is 0. The van der Waals surface area contributed by atoms with Crippen molar-refractivity contribution in [1.82, 2.24) is 0 Å². The third-order valence-electron chi connectivity index (χ3n) is 3.24. The smallest absolute Gasteiger partial charge is 0.282 e. The van der Waals surface area contributed by atoms with E-state index in [0.717, 1.165) is 29.5 Å². The summed E-state index contributed by atoms with van der Waals surface area (Å²) in [5, 5.41) is 3.50. The van der Waals surface area contributed by atoms with Gasteiger partial charge in [-0.1, -0.05) is 48.8 Å². The van der Waals surface area contributed by atoms with E-state index in [1.165, 1.54) is 12.1 Å². The molecular formula is C15H15N3O3S. The molecule has 2 aromatic rings. The molecule has 2 aromatic carbocycles. The molecule has 0 radical (unpaired) electrons. The summed E-state index contributed by atoms with van der Waals surface area (Å²) in [6.07, 6.45) is 1.70. The van der Waals surface area contributed by atoms with Crippen molar-refractivity contribution in [3.8, 4) is 11.1 Å². The van der Waals surface area contributed by atoms with Crippen molar-refractivity contribution in [2.24, 2.45) is 5.11 Å². The highest BCUT2D eigenvalue weighted by molar-refractivity contribution is 7.85. The van der Waals surface area contributed by atoms with E-state index in [-0.39, 0.29) is 4.90 Å². The van der Waals surface area contributed by atoms with Crippen LogP contribution in [0.2, 0.25) is 0 Å². The maximum absolute atomic E-state index is 11.3. The van der Waals surface area contributed by atoms with Crippen molar-refractivity contribution in [2.75, 3.05) is 0 Å². The highest BCUT2D eigenvalue weighted by Crippen LogP contribution is 2.29. The van der Waals surface area contributed by atoms with Crippen LogP contribution in [0, 0.1) is 0 Å². The van der Waals surface area contributed by atoms with Gasteiger partial charge in [-0.05, 0) is 40.8 Å². The zero-order valence-electron chi connectivity index (χ0n) is 12.0. The molecule has 0 spiro atoms. The molecule has 0 aliphatic heterocycles. The molecule has 22 heavy (non-hydrogen) atoms. The number of nitrogens with zero attached hydrogens (tertiary/aromatic N) is 3. The summed E-state index contributed by atoms with van der Waals surface area (Å²) in [6, 6.07) is 11.4. The largest absolute Gasteiger partial charge is 0.294 e. The van der Waals surface area contributed by atoms with E-state index < -0.39 is 10.1 Å². The third kappa shape index (κ3) is 3.65. The monoisotopic (exact) mass is 317 g/mol. The first-order chi connectivity index (χ1) is 10.5. The molecule has 0 atom stereocenters. The molecule has 0 aliphatic rings. The lowest BCUT2D eigenvalue weighted by Crippen LogP contribution is -2.00. The first-order valence-electron chi connectivity index (χ1n) is 6.71. The Morgan fingerprint density at radius 2 is 1.86 bits per heavy atom. The molecule has 0 amide bonds. The van der Waals surface area contributed by atoms with Gasteiger partial charge in [-0.3, -0.25) is 4.55 Å². The fourth-order valence-corrected chi connectivity index (χ4v) is 2.74. The number of hydrogen-bond donors (Lipinski definition) is 1. The maximum Gasteiger partial charge on any atom is 0.294 e. The fourth-order valence-electron chi connectivity index (χ4n) is 2.23. The van der Waals surface area contributed by atoms with Gasteiger partial charge in [0.05, 0.1) is 4.90 Å². The second kappa shape index (κ2) is 6.62. The molecule has 7 heteroatoms. The minimum Gasteiger partial charge on any atom is -0.282 e. The molecule has 0 heterocycles. The van der Waals surface area contributed by atoms with Gasteiger partial charge < -0.3 is 0 Å². The zero-order chi connectivity index (χ0) is 16.2. The van der Waals surface area contributed by atoms with Gasteiger partial charge in [0.15, 0.2) is 0 Å². The highest BCUT2D eigenvalue weighted by atomic mass is 32.2. The van der Waals surface area contributed by atoms with Crippen molar-refractivity contribution in [3.63, 3.8) is 0 Å². The molecule has 0 saturated carbocycles. The van der Waals surface area contributed by atoms with E-state index >= 15 is 0 Å². The van der Waals surface area contributed by atoms with Crippen LogP contribution in [0.1, 0.15) is 18.9 Å². The van der Waals surface area contributed by atoms with E-state index in [4.69, 9.17) is 5.53 Å². The highest BCUT2D eigenvalue weighted by Gasteiger charge is 2.13. The first kappa shape index (κ1) is 16.0. The van der Waals surface area contributed by atoms with Crippen LogP contribution in [0.25, 0.3) is 21.6 Å². The van der Waals surface area contributed by atoms with Crippen LogP contribution in [0.4, 0.5) is 5.69 Å². The van der Waals surface area contributed by atoms with Crippen LogP contribution in [0.3, 0.4) is 0 Å². The Hall–Kier alpha value is -2.34. The average Bonchev–Trinajstić information content (AvgIpc) is 2.48. The number of rotatable bonds is 5. The van der Waals surface area contributed by atoms with Crippen molar-refractivity contribution in [1.29, 1.82) is 0 Å². The lowest BCUT2D eigenvalue weighted by Gasteiger charge is -2.11. The van der Waals surface area contributed by atoms with Gasteiger partial charge in [0.2, 0.25) is 0 Å². The number of benzene rings is 2. The Bertz CT molecular complexity index is 824. The summed E-state index contributed by atoms with van der Waals surface area (Å²) >= 11 is 0. The Kier molecular flexibility index (Phi) is 4.82. The molecule has 2 rings (SSSR count). The van der Waals surface area contributed by atoms with Crippen LogP contribution < -0.4 is 0 Å². The van der Waals surface area contributed by atoms with Gasteiger partial charge in [-0.2, -0.15) is 8.42 Å². The average molecular weight is 317 g/mol. The first-order valence-corrected chi connectivity index (χ1v) is 8.15. The van der Waals surface area contributed by atoms with Gasteiger partial charge in [0, 0.05) is 10.6 Å². The number of hydrogen-bond acceptors (Lipinski definition) is 3. The third-order valence-corrected chi connectivity index (χ3v) is 4.09. The van der Waals surface area contributed by atoms with Crippen LogP contribution in [-0.4, -0.2) is 13.0 Å². The molecule has 0 fully saturated rings. The van der Waals surface area contributed by atoms with Gasteiger partial charge >= 0.3 is 0 Å². The summed E-state index contributed by atoms with van der Waals surface area (Å²) in [6.45, 7) is 2.03. The topological polar surface area (TPSA) is 103 Å². The van der Waals surface area contributed by atoms with E-state index in [9.17, 15) is 13.0 Å². The van der Waals surface area contributed by atoms with Crippen LogP contribution >= 0.6 is 0 Å². The quantitative estimate of drug-likeness (QED) is 0.380. The number of azide groups is 1. The van der Waals surface area contributed by atoms with Crippen LogP contribution in [0.15, 0.2) is 52.5 Å². The van der Waals surface area contributed by atoms with Gasteiger partial charge in [-0.25, -0.2) is 0 Å². The molecule has 1 N–H and O–H groups in total. The molecular weight excluding hydrogens is 302 g/mol. The van der Waals surface area contributed by atoms with E-state index in [1.807, 2.05) is 6.92 Å². The molecule has 0 saturated heterocycles. The predicted molar refractivity (Wildman–Crippen MR) is 84.5 cm³/mol. The van der Waals surface area contributed by atoms with Gasteiger partial charge in [-0.15, -0.1) is 0 Å². The normalized spacial score (nSPS) is 11.0. The van der Waals surface area contributed by atoms with Crippen LogP contribution in [0.5, 0.6) is 0 Å². The standard InChI is InChI=1S/C15H15N3O3S/c1-2-3-11-6-9-14(22(19,20)21)10-15(11)12-4-7-13(8-5-12)17-18-16/h4-10H,2-3H2,1H3,(H,19,20,21). The second-order valence-corrected chi connectivity index (χ2v) is 6.20. The second-order valence-electron chi connectivity index (χ2n) is 4.78. The van der Waals surface area contributed by atoms with Gasteiger partial charge in [0.1, 0.15) is 0 Å². The van der Waals surface area contributed by atoms with E-state index in [2.05, 4.69) is 10.0 Å². The van der Waals surface area contributed by atoms with E-state index in [0.29, 0.717) is 5.69 Å². The van der Waals surface area contributed by atoms with Crippen molar-refractivity contribution in [2.45, 2.75) is 24.7 Å². The molecule has 0 bridgehead atoms. The Morgan fingerprint density at radius 1 is 1.18 bits per heavy atom. The Balaban J connectivity index is 2.57. The molecule has 0 aromatic heterocycles. The minimum absolute atomic E-state index is 0.138. The zero-order valence-corrected chi connectivity index (χ0v) is 12.8. The molecule has 0 unspecified atom stereocenters. The summed E-state index contributed by atoms with van der Waals surface area (Å²) < 4.78 is 31.9. The molecule has 0 aliphatic carbocycles. The van der Waals surface area contributed by atoms with Crippen molar-refractivity contribution in [3.05, 3.63) is 58.5 Å². The van der Waals surface area contributed by atoms with Crippen molar-refractivity contribution < 1.29 is 13.0 Å². The maximum atomic E-state index is 11.3. The Labute approximate surface area is 128 Å². The minimum atomic E-state index is -4.25.